The molecule has 2 rings (SSSR count). The first-order chi connectivity index (χ1) is 9.72. The Kier molecular flexibility index (Phi) is 5.01. The molecule has 1 aromatic heterocycles. The van der Waals surface area contributed by atoms with Crippen LogP contribution in [-0.4, -0.2) is 23.6 Å². The molecule has 5 nitrogen and oxygen atoms in total. The maximum atomic E-state index is 6.14. The van der Waals surface area contributed by atoms with E-state index in [1.165, 1.54) is 0 Å². The van der Waals surface area contributed by atoms with Gasteiger partial charge in [0, 0.05) is 12.6 Å². The average Bonchev–Trinajstić information content (AvgIpc) is 2.48. The van der Waals surface area contributed by atoms with Crippen LogP contribution in [0, 0.1) is 0 Å². The van der Waals surface area contributed by atoms with Crippen LogP contribution in [-0.2, 0) is 0 Å². The number of hydrogen-bond acceptors (Lipinski definition) is 5. The second-order valence-corrected chi connectivity index (χ2v) is 4.59. The lowest BCUT2D eigenvalue weighted by atomic mass is 10.3. The van der Waals surface area contributed by atoms with Crippen LogP contribution in [0.2, 0.25) is 5.02 Å². The van der Waals surface area contributed by atoms with E-state index in [1.807, 2.05) is 6.07 Å². The summed E-state index contributed by atoms with van der Waals surface area (Å²) in [5.74, 6) is 2.09. The predicted octanol–water partition coefficient (Wildman–Crippen LogP) is 3.70. The molecule has 0 saturated heterocycles. The van der Waals surface area contributed by atoms with E-state index < -0.39 is 0 Å². The van der Waals surface area contributed by atoms with Crippen molar-refractivity contribution in [2.45, 2.75) is 13.3 Å². The molecular weight excluding hydrogens is 276 g/mol. The van der Waals surface area contributed by atoms with E-state index in [4.69, 9.17) is 16.3 Å². The van der Waals surface area contributed by atoms with Crippen LogP contribution >= 0.6 is 11.6 Å². The minimum Gasteiger partial charge on any atom is -0.497 e. The zero-order valence-electron chi connectivity index (χ0n) is 11.5. The lowest BCUT2D eigenvalue weighted by Crippen LogP contribution is -2.04. The number of nitrogens with zero attached hydrogens (tertiary/aromatic N) is 2. The molecule has 0 aliphatic rings. The molecule has 0 spiro atoms. The number of halogens is 1. The summed E-state index contributed by atoms with van der Waals surface area (Å²) in [5.41, 5.74) is 0.730. The number of anilines is 3. The molecule has 0 atom stereocenters. The van der Waals surface area contributed by atoms with Crippen LogP contribution in [0.15, 0.2) is 30.6 Å². The van der Waals surface area contributed by atoms with Gasteiger partial charge in [-0.3, -0.25) is 4.98 Å². The summed E-state index contributed by atoms with van der Waals surface area (Å²) in [6.07, 6.45) is 4.36. The third kappa shape index (κ3) is 3.74. The highest BCUT2D eigenvalue weighted by Gasteiger charge is 2.05. The second kappa shape index (κ2) is 6.96. The predicted molar refractivity (Wildman–Crippen MR) is 82.1 cm³/mol. The van der Waals surface area contributed by atoms with E-state index in [2.05, 4.69) is 27.5 Å². The van der Waals surface area contributed by atoms with Crippen molar-refractivity contribution >= 4 is 28.9 Å². The van der Waals surface area contributed by atoms with Gasteiger partial charge >= 0.3 is 0 Å². The fourth-order valence-corrected chi connectivity index (χ4v) is 1.79. The van der Waals surface area contributed by atoms with Crippen molar-refractivity contribution in [2.75, 3.05) is 24.3 Å². The summed E-state index contributed by atoms with van der Waals surface area (Å²) in [6.45, 7) is 2.95. The molecule has 20 heavy (non-hydrogen) atoms. The van der Waals surface area contributed by atoms with Crippen LogP contribution in [0.25, 0.3) is 0 Å². The van der Waals surface area contributed by atoms with Crippen LogP contribution in [0.1, 0.15) is 13.3 Å². The van der Waals surface area contributed by atoms with Gasteiger partial charge in [-0.05, 0) is 18.6 Å². The summed E-state index contributed by atoms with van der Waals surface area (Å²) in [6, 6.07) is 5.39. The van der Waals surface area contributed by atoms with E-state index in [0.717, 1.165) is 30.2 Å². The highest BCUT2D eigenvalue weighted by atomic mass is 35.5. The SMILES string of the molecule is CCCNc1cncc(Nc2cc(OC)ccc2Cl)n1. The Bertz CT molecular complexity index is 577. The van der Waals surface area contributed by atoms with Gasteiger partial charge < -0.3 is 15.4 Å². The zero-order valence-corrected chi connectivity index (χ0v) is 12.2. The van der Waals surface area contributed by atoms with E-state index in [-0.39, 0.29) is 0 Å². The number of hydrogen-bond donors (Lipinski definition) is 2. The van der Waals surface area contributed by atoms with Crippen molar-refractivity contribution in [2.24, 2.45) is 0 Å². The highest BCUT2D eigenvalue weighted by Crippen LogP contribution is 2.28. The summed E-state index contributed by atoms with van der Waals surface area (Å²) in [7, 11) is 1.61. The van der Waals surface area contributed by atoms with E-state index >= 15 is 0 Å². The third-order valence-electron chi connectivity index (χ3n) is 2.63. The van der Waals surface area contributed by atoms with Crippen molar-refractivity contribution in [3.8, 4) is 5.75 Å². The molecule has 2 N–H and O–H groups in total. The molecule has 6 heteroatoms. The summed E-state index contributed by atoms with van der Waals surface area (Å²) >= 11 is 6.14. The van der Waals surface area contributed by atoms with Gasteiger partial charge in [0.2, 0.25) is 0 Å². The average molecular weight is 293 g/mol. The van der Waals surface area contributed by atoms with Crippen LogP contribution in [0.4, 0.5) is 17.3 Å². The third-order valence-corrected chi connectivity index (χ3v) is 2.96. The Morgan fingerprint density at radius 3 is 2.80 bits per heavy atom. The molecule has 2 aromatic rings. The van der Waals surface area contributed by atoms with Crippen molar-refractivity contribution < 1.29 is 4.74 Å². The topological polar surface area (TPSA) is 59.1 Å². The monoisotopic (exact) mass is 292 g/mol. The van der Waals surface area contributed by atoms with E-state index in [0.29, 0.717) is 10.8 Å². The Labute approximate surface area is 123 Å². The Morgan fingerprint density at radius 1 is 1.25 bits per heavy atom. The number of methoxy groups -OCH3 is 1. The van der Waals surface area contributed by atoms with Crippen LogP contribution in [0.3, 0.4) is 0 Å². The van der Waals surface area contributed by atoms with Crippen LogP contribution < -0.4 is 15.4 Å². The minimum atomic E-state index is 0.597. The molecule has 1 heterocycles. The molecule has 1 aromatic carbocycles. The quantitative estimate of drug-likeness (QED) is 0.850. The van der Waals surface area contributed by atoms with Gasteiger partial charge in [-0.1, -0.05) is 18.5 Å². The molecule has 0 aliphatic carbocycles. The molecule has 0 radical (unpaired) electrons. The number of aromatic nitrogens is 2. The summed E-state index contributed by atoms with van der Waals surface area (Å²) in [5, 5.41) is 6.92. The number of ether oxygens (including phenoxy) is 1. The van der Waals surface area contributed by atoms with E-state index in [9.17, 15) is 0 Å². The standard InChI is InChI=1S/C14H17ClN4O/c1-3-6-17-13-8-16-9-14(19-13)18-12-7-10(20-2)4-5-11(12)15/h4-5,7-9H,3,6H2,1-2H3,(H2,17,18,19). The summed E-state index contributed by atoms with van der Waals surface area (Å²) < 4.78 is 5.18. The first-order valence-corrected chi connectivity index (χ1v) is 6.77. The maximum absolute atomic E-state index is 6.14. The first-order valence-electron chi connectivity index (χ1n) is 6.39. The van der Waals surface area contributed by atoms with Gasteiger partial charge in [0.15, 0.2) is 5.82 Å². The Balaban J connectivity index is 2.17. The van der Waals surface area contributed by atoms with Gasteiger partial charge in [-0.15, -0.1) is 0 Å². The molecule has 106 valence electrons. The largest absolute Gasteiger partial charge is 0.497 e. The van der Waals surface area contributed by atoms with Gasteiger partial charge in [0.25, 0.3) is 0 Å². The minimum absolute atomic E-state index is 0.597. The van der Waals surface area contributed by atoms with Crippen molar-refractivity contribution in [3.05, 3.63) is 35.6 Å². The Hall–Kier alpha value is -2.01. The lowest BCUT2D eigenvalue weighted by Gasteiger charge is -2.10. The van der Waals surface area contributed by atoms with Crippen molar-refractivity contribution in [1.82, 2.24) is 9.97 Å². The Morgan fingerprint density at radius 2 is 2.05 bits per heavy atom. The molecule has 0 amide bonds. The molecule has 0 saturated carbocycles. The molecule has 0 unspecified atom stereocenters. The molecule has 0 aliphatic heterocycles. The van der Waals surface area contributed by atoms with Gasteiger partial charge in [-0.25, -0.2) is 4.98 Å². The number of benzene rings is 1. The van der Waals surface area contributed by atoms with Gasteiger partial charge in [0.05, 0.1) is 30.2 Å². The van der Waals surface area contributed by atoms with E-state index in [1.54, 1.807) is 31.6 Å². The molecular formula is C14H17ClN4O. The zero-order chi connectivity index (χ0) is 14.4. The molecule has 0 fully saturated rings. The van der Waals surface area contributed by atoms with Gasteiger partial charge in [0.1, 0.15) is 11.6 Å². The number of nitrogens with one attached hydrogen (secondary N) is 2. The molecule has 0 bridgehead atoms. The maximum Gasteiger partial charge on any atom is 0.151 e. The first kappa shape index (κ1) is 14.4. The summed E-state index contributed by atoms with van der Waals surface area (Å²) in [4.78, 5) is 8.56. The second-order valence-electron chi connectivity index (χ2n) is 4.19. The smallest absolute Gasteiger partial charge is 0.151 e. The lowest BCUT2D eigenvalue weighted by molar-refractivity contribution is 0.415. The fraction of sp³-hybridized carbons (Fsp3) is 0.286. The van der Waals surface area contributed by atoms with Crippen molar-refractivity contribution in [3.63, 3.8) is 0 Å². The number of rotatable bonds is 6. The van der Waals surface area contributed by atoms with Crippen LogP contribution in [0.5, 0.6) is 5.75 Å². The van der Waals surface area contributed by atoms with Crippen molar-refractivity contribution in [1.29, 1.82) is 0 Å². The fourth-order valence-electron chi connectivity index (χ4n) is 1.63. The normalized spacial score (nSPS) is 10.2. The van der Waals surface area contributed by atoms with Gasteiger partial charge in [-0.2, -0.15) is 0 Å². The highest BCUT2D eigenvalue weighted by molar-refractivity contribution is 6.33.